The molecule has 4 heteroatoms. The first-order valence-corrected chi connectivity index (χ1v) is 6.19. The van der Waals surface area contributed by atoms with Gasteiger partial charge in [0.05, 0.1) is 12.8 Å². The predicted octanol–water partition coefficient (Wildman–Crippen LogP) is 3.36. The molecule has 0 aliphatic rings. The van der Waals surface area contributed by atoms with Crippen molar-refractivity contribution in [1.82, 2.24) is 0 Å². The van der Waals surface area contributed by atoms with Gasteiger partial charge in [0, 0.05) is 17.0 Å². The van der Waals surface area contributed by atoms with Crippen LogP contribution in [0, 0.1) is 0 Å². The van der Waals surface area contributed by atoms with Crippen LogP contribution in [0.1, 0.15) is 15.9 Å². The molecule has 2 aromatic rings. The highest BCUT2D eigenvalue weighted by molar-refractivity contribution is 6.30. The van der Waals surface area contributed by atoms with Gasteiger partial charge < -0.3 is 10.5 Å². The topological polar surface area (TPSA) is 52.3 Å². The second-order valence-corrected chi connectivity index (χ2v) is 4.59. The molecule has 0 fully saturated rings. The van der Waals surface area contributed by atoms with Crippen LogP contribution in [0.3, 0.4) is 0 Å². The van der Waals surface area contributed by atoms with Crippen LogP contribution in [0.2, 0.25) is 5.02 Å². The molecule has 0 atom stereocenters. The molecular formula is C15H14ClNO2. The van der Waals surface area contributed by atoms with Crippen LogP contribution in [0.15, 0.2) is 42.5 Å². The van der Waals surface area contributed by atoms with Crippen molar-refractivity contribution in [2.24, 2.45) is 0 Å². The quantitative estimate of drug-likeness (QED) is 0.688. The van der Waals surface area contributed by atoms with Gasteiger partial charge in [0.2, 0.25) is 0 Å². The number of methoxy groups -OCH3 is 1. The number of nitrogens with two attached hydrogens (primary N) is 1. The summed E-state index contributed by atoms with van der Waals surface area (Å²) in [5, 5.41) is 0.615. The highest BCUT2D eigenvalue weighted by Gasteiger charge is 2.13. The first kappa shape index (κ1) is 13.4. The Morgan fingerprint density at radius 2 is 2.00 bits per heavy atom. The van der Waals surface area contributed by atoms with E-state index in [-0.39, 0.29) is 12.2 Å². The number of rotatable bonds is 4. The minimum absolute atomic E-state index is 0.0568. The second kappa shape index (κ2) is 5.76. The highest BCUT2D eigenvalue weighted by Crippen LogP contribution is 2.26. The number of halogens is 1. The number of hydrogen-bond acceptors (Lipinski definition) is 3. The molecule has 19 heavy (non-hydrogen) atoms. The summed E-state index contributed by atoms with van der Waals surface area (Å²) in [5.41, 5.74) is 7.61. The van der Waals surface area contributed by atoms with E-state index in [9.17, 15) is 4.79 Å². The Balaban J connectivity index is 2.25. The fourth-order valence-electron chi connectivity index (χ4n) is 1.89. The van der Waals surface area contributed by atoms with Crippen LogP contribution < -0.4 is 10.5 Å². The van der Waals surface area contributed by atoms with Gasteiger partial charge >= 0.3 is 0 Å². The molecule has 0 aromatic heterocycles. The number of ketones is 1. The summed E-state index contributed by atoms with van der Waals surface area (Å²) in [7, 11) is 1.52. The molecule has 0 aliphatic heterocycles. The number of anilines is 1. The molecule has 0 amide bonds. The maximum atomic E-state index is 12.2. The Morgan fingerprint density at radius 3 is 2.68 bits per heavy atom. The number of carbonyl (C=O) groups excluding carboxylic acids is 1. The maximum absolute atomic E-state index is 12.2. The lowest BCUT2D eigenvalue weighted by Gasteiger charge is -2.09. The molecule has 2 N–H and O–H groups in total. The molecule has 0 saturated carbocycles. The van der Waals surface area contributed by atoms with E-state index in [1.807, 2.05) is 12.1 Å². The Kier molecular flexibility index (Phi) is 4.07. The first-order valence-electron chi connectivity index (χ1n) is 5.82. The van der Waals surface area contributed by atoms with E-state index in [4.69, 9.17) is 22.1 Å². The van der Waals surface area contributed by atoms with Crippen LogP contribution in [0.5, 0.6) is 5.75 Å². The SMILES string of the molecule is COc1cccc(C(=O)Cc2cccc(Cl)c2)c1N. The van der Waals surface area contributed by atoms with Gasteiger partial charge in [0.15, 0.2) is 5.78 Å². The molecule has 0 aliphatic carbocycles. The van der Waals surface area contributed by atoms with Crippen molar-refractivity contribution in [1.29, 1.82) is 0 Å². The molecule has 0 spiro atoms. The number of Topliss-reactive ketones (excluding diaryl/α,β-unsaturated/α-hetero) is 1. The number of para-hydroxylation sites is 1. The van der Waals surface area contributed by atoms with Crippen molar-refractivity contribution in [2.45, 2.75) is 6.42 Å². The zero-order valence-electron chi connectivity index (χ0n) is 10.5. The minimum Gasteiger partial charge on any atom is -0.495 e. The standard InChI is InChI=1S/C15H14ClNO2/c1-19-14-7-3-6-12(15(14)17)13(18)9-10-4-2-5-11(16)8-10/h2-8H,9,17H2,1H3. The molecule has 2 aromatic carbocycles. The number of nitrogen functional groups attached to an aromatic ring is 1. The Morgan fingerprint density at radius 1 is 1.26 bits per heavy atom. The fourth-order valence-corrected chi connectivity index (χ4v) is 2.11. The lowest BCUT2D eigenvalue weighted by Crippen LogP contribution is -2.08. The van der Waals surface area contributed by atoms with Crippen molar-refractivity contribution < 1.29 is 9.53 Å². The smallest absolute Gasteiger partial charge is 0.169 e. The number of carbonyl (C=O) groups is 1. The first-order chi connectivity index (χ1) is 9.11. The summed E-state index contributed by atoms with van der Waals surface area (Å²) in [5.74, 6) is 0.454. The number of ether oxygens (including phenoxy) is 1. The summed E-state index contributed by atoms with van der Waals surface area (Å²) in [6.07, 6.45) is 0.262. The largest absolute Gasteiger partial charge is 0.495 e. The third-order valence-electron chi connectivity index (χ3n) is 2.84. The fraction of sp³-hybridized carbons (Fsp3) is 0.133. The van der Waals surface area contributed by atoms with E-state index in [1.165, 1.54) is 7.11 Å². The highest BCUT2D eigenvalue weighted by atomic mass is 35.5. The van der Waals surface area contributed by atoms with E-state index >= 15 is 0 Å². The number of benzene rings is 2. The normalized spacial score (nSPS) is 10.2. The molecule has 0 saturated heterocycles. The Bertz CT molecular complexity index is 611. The zero-order valence-corrected chi connectivity index (χ0v) is 11.3. The Hall–Kier alpha value is -2.00. The van der Waals surface area contributed by atoms with Crippen molar-refractivity contribution in [3.05, 3.63) is 58.6 Å². The van der Waals surface area contributed by atoms with Gasteiger partial charge in [-0.05, 0) is 29.8 Å². The van der Waals surface area contributed by atoms with E-state index in [1.54, 1.807) is 30.3 Å². The molecule has 0 bridgehead atoms. The summed E-state index contributed by atoms with van der Waals surface area (Å²) in [6.45, 7) is 0. The average Bonchev–Trinajstić information content (AvgIpc) is 2.39. The van der Waals surface area contributed by atoms with Crippen LogP contribution in [-0.2, 0) is 6.42 Å². The van der Waals surface area contributed by atoms with Gasteiger partial charge in [0.1, 0.15) is 5.75 Å². The third-order valence-corrected chi connectivity index (χ3v) is 3.08. The third kappa shape index (κ3) is 3.06. The monoisotopic (exact) mass is 275 g/mol. The van der Waals surface area contributed by atoms with E-state index in [2.05, 4.69) is 0 Å². The van der Waals surface area contributed by atoms with Gasteiger partial charge in [-0.1, -0.05) is 29.8 Å². The molecule has 2 rings (SSSR count). The molecule has 0 unspecified atom stereocenters. The lowest BCUT2D eigenvalue weighted by molar-refractivity contribution is 0.0993. The molecule has 0 heterocycles. The lowest BCUT2D eigenvalue weighted by atomic mass is 10.0. The van der Waals surface area contributed by atoms with Crippen LogP contribution in [-0.4, -0.2) is 12.9 Å². The summed E-state index contributed by atoms with van der Waals surface area (Å²) < 4.78 is 5.11. The van der Waals surface area contributed by atoms with Crippen molar-refractivity contribution in [3.63, 3.8) is 0 Å². The second-order valence-electron chi connectivity index (χ2n) is 4.15. The van der Waals surface area contributed by atoms with Crippen molar-refractivity contribution >= 4 is 23.1 Å². The summed E-state index contributed by atoms with van der Waals surface area (Å²) in [6, 6.07) is 12.4. The minimum atomic E-state index is -0.0568. The average molecular weight is 276 g/mol. The van der Waals surface area contributed by atoms with Gasteiger partial charge in [-0.25, -0.2) is 0 Å². The van der Waals surface area contributed by atoms with Gasteiger partial charge in [-0.15, -0.1) is 0 Å². The van der Waals surface area contributed by atoms with Crippen molar-refractivity contribution in [2.75, 3.05) is 12.8 Å². The summed E-state index contributed by atoms with van der Waals surface area (Å²) >= 11 is 5.90. The molecule has 3 nitrogen and oxygen atoms in total. The van der Waals surface area contributed by atoms with Crippen LogP contribution >= 0.6 is 11.6 Å². The predicted molar refractivity (Wildman–Crippen MR) is 76.9 cm³/mol. The van der Waals surface area contributed by atoms with Crippen molar-refractivity contribution in [3.8, 4) is 5.75 Å². The van der Waals surface area contributed by atoms with Gasteiger partial charge in [-0.2, -0.15) is 0 Å². The van der Waals surface area contributed by atoms with Gasteiger partial charge in [-0.3, -0.25) is 4.79 Å². The number of hydrogen-bond donors (Lipinski definition) is 1. The summed E-state index contributed by atoms with van der Waals surface area (Å²) in [4.78, 5) is 12.2. The maximum Gasteiger partial charge on any atom is 0.169 e. The van der Waals surface area contributed by atoms with E-state index < -0.39 is 0 Å². The molecular weight excluding hydrogens is 262 g/mol. The zero-order chi connectivity index (χ0) is 13.8. The van der Waals surface area contributed by atoms with Crippen LogP contribution in [0.4, 0.5) is 5.69 Å². The van der Waals surface area contributed by atoms with E-state index in [0.717, 1.165) is 5.56 Å². The van der Waals surface area contributed by atoms with Gasteiger partial charge in [0.25, 0.3) is 0 Å². The van der Waals surface area contributed by atoms with E-state index in [0.29, 0.717) is 22.0 Å². The molecule has 0 radical (unpaired) electrons. The molecule has 98 valence electrons. The van der Waals surface area contributed by atoms with Crippen LogP contribution in [0.25, 0.3) is 0 Å². The Labute approximate surface area is 117 Å².